The fraction of sp³-hybridized carbons (Fsp3) is 0. The summed E-state index contributed by atoms with van der Waals surface area (Å²) in [7, 11) is 0. The van der Waals surface area contributed by atoms with Crippen molar-refractivity contribution in [1.29, 1.82) is 0 Å². The molecular formula is C58H39N. The van der Waals surface area contributed by atoms with Gasteiger partial charge in [0.05, 0.1) is 0 Å². The second-order valence-corrected chi connectivity index (χ2v) is 15.3. The van der Waals surface area contributed by atoms with E-state index in [4.69, 9.17) is 0 Å². The summed E-state index contributed by atoms with van der Waals surface area (Å²) in [5, 5.41) is 10.0. The highest BCUT2D eigenvalue weighted by atomic mass is 15.1. The lowest BCUT2D eigenvalue weighted by Crippen LogP contribution is -2.10. The Labute approximate surface area is 344 Å². The van der Waals surface area contributed by atoms with Gasteiger partial charge in [-0.05, 0) is 124 Å². The summed E-state index contributed by atoms with van der Waals surface area (Å²) in [5.74, 6) is 0. The van der Waals surface area contributed by atoms with Gasteiger partial charge in [-0.15, -0.1) is 0 Å². The van der Waals surface area contributed by atoms with Gasteiger partial charge in [-0.3, -0.25) is 0 Å². The van der Waals surface area contributed by atoms with Gasteiger partial charge in [0.1, 0.15) is 0 Å². The van der Waals surface area contributed by atoms with Gasteiger partial charge in [-0.25, -0.2) is 0 Å². The molecule has 0 N–H and O–H groups in total. The molecule has 0 aromatic heterocycles. The van der Waals surface area contributed by atoms with E-state index in [1.807, 2.05) is 0 Å². The Kier molecular flexibility index (Phi) is 8.56. The number of benzene rings is 11. The van der Waals surface area contributed by atoms with Crippen LogP contribution in [0.1, 0.15) is 0 Å². The highest BCUT2D eigenvalue weighted by Gasteiger charge is 2.17. The first-order valence-electron chi connectivity index (χ1n) is 20.3. The highest BCUT2D eigenvalue weighted by Crippen LogP contribution is 2.42. The van der Waals surface area contributed by atoms with Crippen molar-refractivity contribution in [1.82, 2.24) is 0 Å². The molecule has 11 aromatic carbocycles. The number of hydrogen-bond acceptors (Lipinski definition) is 1. The fourth-order valence-electron chi connectivity index (χ4n) is 9.04. The van der Waals surface area contributed by atoms with Crippen molar-refractivity contribution in [3.05, 3.63) is 237 Å². The van der Waals surface area contributed by atoms with Crippen LogP contribution in [0.5, 0.6) is 0 Å². The Balaban J connectivity index is 1.03. The van der Waals surface area contributed by atoms with Crippen LogP contribution in [0, 0.1) is 0 Å². The Bertz CT molecular complexity index is 3170. The third-order valence-corrected chi connectivity index (χ3v) is 11.9. The molecule has 0 saturated heterocycles. The molecule has 11 aromatic rings. The van der Waals surface area contributed by atoms with E-state index in [0.717, 1.165) is 17.1 Å². The zero-order chi connectivity index (χ0) is 39.1. The predicted octanol–water partition coefficient (Wildman–Crippen LogP) is 16.4. The third-order valence-electron chi connectivity index (χ3n) is 11.9. The number of fused-ring (bicyclic) bond motifs is 5. The van der Waals surface area contributed by atoms with Crippen LogP contribution in [0.15, 0.2) is 237 Å². The number of nitrogens with zero attached hydrogens (tertiary/aromatic N) is 1. The average molecular weight is 750 g/mol. The van der Waals surface area contributed by atoms with Crippen LogP contribution in [-0.2, 0) is 0 Å². The summed E-state index contributed by atoms with van der Waals surface area (Å²) in [5.41, 5.74) is 13.1. The monoisotopic (exact) mass is 749 g/mol. The molecule has 59 heavy (non-hydrogen) atoms. The smallest absolute Gasteiger partial charge is 0.0467 e. The molecule has 0 aliphatic heterocycles. The molecule has 0 radical (unpaired) electrons. The van der Waals surface area contributed by atoms with Gasteiger partial charge in [-0.2, -0.15) is 0 Å². The minimum Gasteiger partial charge on any atom is -0.310 e. The van der Waals surface area contributed by atoms with Gasteiger partial charge in [0, 0.05) is 17.1 Å². The van der Waals surface area contributed by atoms with Crippen molar-refractivity contribution < 1.29 is 0 Å². The van der Waals surface area contributed by atoms with Gasteiger partial charge >= 0.3 is 0 Å². The van der Waals surface area contributed by atoms with Crippen molar-refractivity contribution in [2.75, 3.05) is 4.90 Å². The molecule has 276 valence electrons. The Morgan fingerprint density at radius 1 is 0.203 bits per heavy atom. The minimum atomic E-state index is 1.10. The molecule has 1 nitrogen and oxygen atoms in total. The molecule has 0 aliphatic rings. The second kappa shape index (κ2) is 14.6. The third kappa shape index (κ3) is 6.21. The van der Waals surface area contributed by atoms with E-state index in [9.17, 15) is 0 Å². The molecule has 0 saturated carbocycles. The molecule has 0 amide bonds. The highest BCUT2D eigenvalue weighted by molar-refractivity contribution is 6.15. The van der Waals surface area contributed by atoms with Crippen molar-refractivity contribution >= 4 is 60.2 Å². The maximum atomic E-state index is 2.38. The summed E-state index contributed by atoms with van der Waals surface area (Å²) < 4.78 is 0. The Morgan fingerprint density at radius 2 is 0.576 bits per heavy atom. The lowest BCUT2D eigenvalue weighted by Gasteiger charge is -2.27. The van der Waals surface area contributed by atoms with Crippen LogP contribution in [-0.4, -0.2) is 0 Å². The molecule has 1 heteroatoms. The fourth-order valence-corrected chi connectivity index (χ4v) is 9.04. The van der Waals surface area contributed by atoms with Crippen molar-refractivity contribution in [2.45, 2.75) is 0 Å². The first-order chi connectivity index (χ1) is 29.3. The molecule has 0 heterocycles. The van der Waals surface area contributed by atoms with Gasteiger partial charge in [0.15, 0.2) is 0 Å². The van der Waals surface area contributed by atoms with Gasteiger partial charge in [0.2, 0.25) is 0 Å². The first kappa shape index (κ1) is 34.5. The summed E-state index contributed by atoms with van der Waals surface area (Å²) in [6, 6.07) is 86.2. The predicted molar refractivity (Wildman–Crippen MR) is 253 cm³/mol. The largest absolute Gasteiger partial charge is 0.310 e. The maximum Gasteiger partial charge on any atom is 0.0467 e. The van der Waals surface area contributed by atoms with Crippen LogP contribution in [0.3, 0.4) is 0 Å². The van der Waals surface area contributed by atoms with Crippen molar-refractivity contribution in [2.24, 2.45) is 0 Å². The number of anilines is 3. The van der Waals surface area contributed by atoms with Crippen LogP contribution in [0.25, 0.3) is 87.6 Å². The topological polar surface area (TPSA) is 3.24 Å². The SMILES string of the molecule is c1ccc(-c2cccc3c2ccc2c(-c4cccc(N(c5ccc(-c6cccc7ccccc67)cc5)c5ccc(-c6cccc7ccccc67)cc5)c4)cccc23)cc1. The number of hydrogen-bond donors (Lipinski definition) is 0. The molecule has 0 unspecified atom stereocenters. The van der Waals surface area contributed by atoms with Crippen molar-refractivity contribution in [3.63, 3.8) is 0 Å². The van der Waals surface area contributed by atoms with E-state index in [1.165, 1.54) is 87.6 Å². The van der Waals surface area contributed by atoms with E-state index in [-0.39, 0.29) is 0 Å². The molecule has 0 aliphatic carbocycles. The van der Waals surface area contributed by atoms with E-state index < -0.39 is 0 Å². The Morgan fingerprint density at radius 3 is 1.12 bits per heavy atom. The van der Waals surface area contributed by atoms with E-state index in [0.29, 0.717) is 0 Å². The zero-order valence-corrected chi connectivity index (χ0v) is 32.5. The van der Waals surface area contributed by atoms with Crippen LogP contribution in [0.4, 0.5) is 17.1 Å². The summed E-state index contributed by atoms with van der Waals surface area (Å²) in [6.45, 7) is 0. The molecule has 0 bridgehead atoms. The standard InChI is InChI=1S/C58H39N/c1-2-13-40(14-3-1)53-25-11-27-55-56-28-12-26-54(58(56)38-37-57(53)55)45-19-8-20-48(39-45)59(46-33-29-43(30-34-46)51-23-9-17-41-15-4-6-21-49(41)51)47-35-31-44(32-36-47)52-24-10-18-42-16-5-7-22-50(42)52/h1-39H. The lowest BCUT2D eigenvalue weighted by molar-refractivity contribution is 1.28. The van der Waals surface area contributed by atoms with Crippen LogP contribution in [0.2, 0.25) is 0 Å². The van der Waals surface area contributed by atoms with E-state index in [2.05, 4.69) is 241 Å². The lowest BCUT2D eigenvalue weighted by atomic mass is 9.91. The summed E-state index contributed by atoms with van der Waals surface area (Å²) in [4.78, 5) is 2.38. The molecular weight excluding hydrogens is 711 g/mol. The Hall–Kier alpha value is -7.74. The molecule has 11 rings (SSSR count). The molecule has 0 fully saturated rings. The normalized spacial score (nSPS) is 11.4. The van der Waals surface area contributed by atoms with Gasteiger partial charge in [0.25, 0.3) is 0 Å². The molecule has 0 spiro atoms. The van der Waals surface area contributed by atoms with E-state index >= 15 is 0 Å². The number of rotatable bonds is 7. The quantitative estimate of drug-likeness (QED) is 0.147. The zero-order valence-electron chi connectivity index (χ0n) is 32.5. The van der Waals surface area contributed by atoms with Crippen LogP contribution >= 0.6 is 0 Å². The first-order valence-corrected chi connectivity index (χ1v) is 20.3. The molecule has 0 atom stereocenters. The summed E-state index contributed by atoms with van der Waals surface area (Å²) >= 11 is 0. The van der Waals surface area contributed by atoms with Crippen molar-refractivity contribution in [3.8, 4) is 44.5 Å². The van der Waals surface area contributed by atoms with Gasteiger partial charge in [-0.1, -0.05) is 200 Å². The average Bonchev–Trinajstić information content (AvgIpc) is 3.31. The second-order valence-electron chi connectivity index (χ2n) is 15.3. The maximum absolute atomic E-state index is 2.38. The summed E-state index contributed by atoms with van der Waals surface area (Å²) in [6.07, 6.45) is 0. The van der Waals surface area contributed by atoms with Crippen LogP contribution < -0.4 is 4.90 Å². The van der Waals surface area contributed by atoms with E-state index in [1.54, 1.807) is 0 Å². The van der Waals surface area contributed by atoms with Gasteiger partial charge < -0.3 is 4.90 Å². The minimum absolute atomic E-state index is 1.10.